The van der Waals surface area contributed by atoms with Crippen LogP contribution >= 0.6 is 12.2 Å². The smallest absolute Gasteiger partial charge is 0.358 e. The summed E-state index contributed by atoms with van der Waals surface area (Å²) in [6, 6.07) is 5.10. The van der Waals surface area contributed by atoms with Crippen LogP contribution in [0.25, 0.3) is 0 Å². The lowest BCUT2D eigenvalue weighted by molar-refractivity contribution is -0.384. The number of hydrogen-bond acceptors (Lipinski definition) is 10. The van der Waals surface area contributed by atoms with Gasteiger partial charge in [0.25, 0.3) is 5.69 Å². The van der Waals surface area contributed by atoms with E-state index in [1.54, 1.807) is 6.92 Å². The Hall–Kier alpha value is -1.89. The maximum absolute atomic E-state index is 10.6. The molecule has 0 unspecified atom stereocenters. The van der Waals surface area contributed by atoms with Gasteiger partial charge in [-0.15, -0.1) is 0 Å². The standard InChI is InChI=1S/C15H19NO9S/c1-2-22-14-12(19)13(11(18)10(7-17)24-14)25-15(26)23-9-5-3-8(4-6-9)16(20)21/h3-6,10-14,17-19H,2,7H2,1H3/t10-,11+,12-,13+,14-/m1/s1. The minimum atomic E-state index is -1.38. The van der Waals surface area contributed by atoms with Crippen molar-refractivity contribution in [1.29, 1.82) is 0 Å². The van der Waals surface area contributed by atoms with Crippen LogP contribution in [0.4, 0.5) is 5.69 Å². The summed E-state index contributed by atoms with van der Waals surface area (Å²) >= 11 is 4.94. The highest BCUT2D eigenvalue weighted by atomic mass is 32.1. The Labute approximate surface area is 154 Å². The number of aliphatic hydroxyl groups excluding tert-OH is 3. The van der Waals surface area contributed by atoms with Gasteiger partial charge in [0.1, 0.15) is 24.1 Å². The molecular formula is C15H19NO9S. The van der Waals surface area contributed by atoms with Crippen molar-refractivity contribution in [2.24, 2.45) is 0 Å². The van der Waals surface area contributed by atoms with E-state index >= 15 is 0 Å². The number of thiocarbonyl (C=S) groups is 1. The van der Waals surface area contributed by atoms with Gasteiger partial charge in [-0.25, -0.2) is 0 Å². The van der Waals surface area contributed by atoms with Crippen LogP contribution in [0.15, 0.2) is 24.3 Å². The average Bonchev–Trinajstić information content (AvgIpc) is 2.61. The molecule has 1 aliphatic heterocycles. The quantitative estimate of drug-likeness (QED) is 0.349. The Kier molecular flexibility index (Phi) is 7.20. The molecule has 11 heteroatoms. The first kappa shape index (κ1) is 20.4. The summed E-state index contributed by atoms with van der Waals surface area (Å²) in [6.45, 7) is 1.40. The third-order valence-corrected chi connectivity index (χ3v) is 3.81. The lowest BCUT2D eigenvalue weighted by Gasteiger charge is -2.41. The second kappa shape index (κ2) is 9.16. The number of nitro benzene ring substituents is 1. The summed E-state index contributed by atoms with van der Waals surface area (Å²) in [4.78, 5) is 10.1. The zero-order chi connectivity index (χ0) is 19.3. The predicted octanol–water partition coefficient (Wildman–Crippen LogP) is 0.119. The molecule has 0 aromatic heterocycles. The van der Waals surface area contributed by atoms with Crippen LogP contribution in [0.5, 0.6) is 5.75 Å². The maximum atomic E-state index is 10.6. The van der Waals surface area contributed by atoms with Gasteiger partial charge < -0.3 is 34.3 Å². The predicted molar refractivity (Wildman–Crippen MR) is 90.6 cm³/mol. The van der Waals surface area contributed by atoms with E-state index in [0.717, 1.165) is 0 Å². The van der Waals surface area contributed by atoms with Crippen LogP contribution < -0.4 is 4.74 Å². The summed E-state index contributed by atoms with van der Waals surface area (Å²) in [5.41, 5.74) is -0.121. The van der Waals surface area contributed by atoms with Crippen molar-refractivity contribution < 1.29 is 39.2 Å². The summed E-state index contributed by atoms with van der Waals surface area (Å²) in [7, 11) is 0. The fourth-order valence-corrected chi connectivity index (χ4v) is 2.57. The summed E-state index contributed by atoms with van der Waals surface area (Å²) in [6.07, 6.45) is -6.19. The van der Waals surface area contributed by atoms with E-state index in [4.69, 9.17) is 31.2 Å². The first-order valence-electron chi connectivity index (χ1n) is 7.74. The zero-order valence-electron chi connectivity index (χ0n) is 13.8. The summed E-state index contributed by atoms with van der Waals surface area (Å²) < 4.78 is 21.0. The van der Waals surface area contributed by atoms with Gasteiger partial charge in [0.15, 0.2) is 12.4 Å². The number of nitrogens with zero attached hydrogens (tertiary/aromatic N) is 1. The SMILES string of the molecule is CCO[C@@H]1O[C@H](CO)[C@H](O)[C@H](OC(=S)Oc2ccc([N+](=O)[O-])cc2)[C@H]1O. The minimum Gasteiger partial charge on any atom is -0.447 e. The lowest BCUT2D eigenvalue weighted by atomic mass is 9.99. The maximum Gasteiger partial charge on any atom is 0.358 e. The van der Waals surface area contributed by atoms with Gasteiger partial charge in [-0.1, -0.05) is 0 Å². The van der Waals surface area contributed by atoms with Crippen LogP contribution in [-0.2, 0) is 14.2 Å². The Morgan fingerprint density at radius 3 is 2.50 bits per heavy atom. The topological polar surface area (TPSA) is 141 Å². The van der Waals surface area contributed by atoms with Crippen LogP contribution in [-0.4, -0.2) is 69.4 Å². The molecule has 5 atom stereocenters. The molecule has 1 fully saturated rings. The van der Waals surface area contributed by atoms with Gasteiger partial charge in [0.05, 0.1) is 11.5 Å². The van der Waals surface area contributed by atoms with E-state index in [-0.39, 0.29) is 18.0 Å². The fraction of sp³-hybridized carbons (Fsp3) is 0.533. The van der Waals surface area contributed by atoms with Gasteiger partial charge in [-0.05, 0) is 19.1 Å². The number of rotatable bonds is 6. The molecule has 10 nitrogen and oxygen atoms in total. The third kappa shape index (κ3) is 4.84. The van der Waals surface area contributed by atoms with E-state index in [1.165, 1.54) is 24.3 Å². The molecule has 0 saturated carbocycles. The van der Waals surface area contributed by atoms with Crippen molar-refractivity contribution in [3.8, 4) is 5.75 Å². The molecule has 0 amide bonds. The van der Waals surface area contributed by atoms with Crippen LogP contribution in [0.1, 0.15) is 6.92 Å². The zero-order valence-corrected chi connectivity index (χ0v) is 14.6. The molecule has 1 aliphatic rings. The molecule has 3 N–H and O–H groups in total. The van der Waals surface area contributed by atoms with Gasteiger partial charge in [0, 0.05) is 31.0 Å². The van der Waals surface area contributed by atoms with Gasteiger partial charge in [-0.3, -0.25) is 10.1 Å². The van der Waals surface area contributed by atoms with Crippen LogP contribution in [0, 0.1) is 10.1 Å². The van der Waals surface area contributed by atoms with Gasteiger partial charge in [-0.2, -0.15) is 0 Å². The number of nitro groups is 1. The van der Waals surface area contributed by atoms with Crippen LogP contribution in [0.3, 0.4) is 0 Å². The second-order valence-electron chi connectivity index (χ2n) is 5.35. The molecular weight excluding hydrogens is 370 g/mol. The molecule has 26 heavy (non-hydrogen) atoms. The highest BCUT2D eigenvalue weighted by Gasteiger charge is 2.47. The van der Waals surface area contributed by atoms with Crippen molar-refractivity contribution in [2.75, 3.05) is 13.2 Å². The third-order valence-electron chi connectivity index (χ3n) is 3.63. The van der Waals surface area contributed by atoms with E-state index in [0.29, 0.717) is 0 Å². The molecule has 1 heterocycles. The molecule has 144 valence electrons. The Morgan fingerprint density at radius 1 is 1.31 bits per heavy atom. The highest BCUT2D eigenvalue weighted by Crippen LogP contribution is 2.25. The largest absolute Gasteiger partial charge is 0.447 e. The molecule has 0 radical (unpaired) electrons. The Bertz CT molecular complexity index is 626. The molecule has 1 saturated heterocycles. The van der Waals surface area contributed by atoms with Crippen LogP contribution in [0.2, 0.25) is 0 Å². The molecule has 1 aromatic carbocycles. The van der Waals surface area contributed by atoms with Gasteiger partial charge in [0.2, 0.25) is 0 Å². The van der Waals surface area contributed by atoms with E-state index < -0.39 is 47.5 Å². The number of ether oxygens (including phenoxy) is 4. The molecule has 0 bridgehead atoms. The summed E-state index contributed by atoms with van der Waals surface area (Å²) in [5, 5.41) is 39.9. The average molecular weight is 389 g/mol. The highest BCUT2D eigenvalue weighted by molar-refractivity contribution is 7.79. The van der Waals surface area contributed by atoms with E-state index in [9.17, 15) is 25.4 Å². The second-order valence-corrected chi connectivity index (χ2v) is 5.68. The molecule has 1 aromatic rings. The lowest BCUT2D eigenvalue weighted by Crippen LogP contribution is -2.60. The molecule has 0 aliphatic carbocycles. The first-order chi connectivity index (χ1) is 12.4. The molecule has 0 spiro atoms. The normalized spacial score (nSPS) is 28.4. The summed E-state index contributed by atoms with van der Waals surface area (Å²) in [5.74, 6) is 0.178. The minimum absolute atomic E-state index is 0.121. The van der Waals surface area contributed by atoms with Crippen molar-refractivity contribution in [2.45, 2.75) is 37.6 Å². The number of hydrogen-bond donors (Lipinski definition) is 3. The molecule has 2 rings (SSSR count). The number of benzene rings is 1. The van der Waals surface area contributed by atoms with Crippen molar-refractivity contribution in [3.63, 3.8) is 0 Å². The van der Waals surface area contributed by atoms with E-state index in [2.05, 4.69) is 0 Å². The Morgan fingerprint density at radius 2 is 1.96 bits per heavy atom. The first-order valence-corrected chi connectivity index (χ1v) is 8.15. The van der Waals surface area contributed by atoms with Crippen molar-refractivity contribution >= 4 is 23.1 Å². The van der Waals surface area contributed by atoms with E-state index in [1.807, 2.05) is 0 Å². The monoisotopic (exact) mass is 389 g/mol. The van der Waals surface area contributed by atoms with Crippen molar-refractivity contribution in [1.82, 2.24) is 0 Å². The Balaban J connectivity index is 2.03. The number of aliphatic hydroxyl groups is 3. The number of non-ortho nitro benzene ring substituents is 1. The van der Waals surface area contributed by atoms with Gasteiger partial charge >= 0.3 is 5.24 Å². The van der Waals surface area contributed by atoms with Crippen molar-refractivity contribution in [3.05, 3.63) is 34.4 Å². The fourth-order valence-electron chi connectivity index (χ4n) is 2.36.